The van der Waals surface area contributed by atoms with E-state index < -0.39 is 5.60 Å². The minimum Gasteiger partial charge on any atom is -0.497 e. The molecule has 0 saturated heterocycles. The first-order valence-electron chi connectivity index (χ1n) is 14.9. The summed E-state index contributed by atoms with van der Waals surface area (Å²) in [6.45, 7) is 8.29. The Morgan fingerprint density at radius 3 is 2.56 bits per heavy atom. The lowest BCUT2D eigenvalue weighted by atomic mass is 9.82. The van der Waals surface area contributed by atoms with Crippen molar-refractivity contribution in [1.82, 2.24) is 24.6 Å². The highest BCUT2D eigenvalue weighted by atomic mass is 16.6. The molecular formula is C32H42N6O5. The van der Waals surface area contributed by atoms with Gasteiger partial charge in [-0.15, -0.1) is 0 Å². The summed E-state index contributed by atoms with van der Waals surface area (Å²) < 4.78 is 18.3. The largest absolute Gasteiger partial charge is 0.497 e. The minimum atomic E-state index is -0.525. The van der Waals surface area contributed by atoms with Crippen molar-refractivity contribution < 1.29 is 23.8 Å². The van der Waals surface area contributed by atoms with Gasteiger partial charge in [-0.1, -0.05) is 12.8 Å². The second kappa shape index (κ2) is 12.2. The maximum atomic E-state index is 13.9. The lowest BCUT2D eigenvalue weighted by Gasteiger charge is -2.32. The lowest BCUT2D eigenvalue weighted by molar-refractivity contribution is -0.156. The van der Waals surface area contributed by atoms with Crippen LogP contribution in [0.5, 0.6) is 11.5 Å². The van der Waals surface area contributed by atoms with E-state index >= 15 is 0 Å². The van der Waals surface area contributed by atoms with Crippen LogP contribution in [-0.4, -0.2) is 62.4 Å². The van der Waals surface area contributed by atoms with Crippen LogP contribution in [0.25, 0.3) is 11.3 Å². The molecule has 1 fully saturated rings. The zero-order valence-corrected chi connectivity index (χ0v) is 26.2. The fourth-order valence-electron chi connectivity index (χ4n) is 5.97. The number of benzene rings is 1. The third-order valence-electron chi connectivity index (χ3n) is 8.24. The van der Waals surface area contributed by atoms with Crippen LogP contribution in [0.15, 0.2) is 24.4 Å². The topological polar surface area (TPSA) is 121 Å². The second-order valence-corrected chi connectivity index (χ2v) is 12.4. The van der Waals surface area contributed by atoms with Gasteiger partial charge in [0, 0.05) is 36.0 Å². The van der Waals surface area contributed by atoms with E-state index in [0.29, 0.717) is 53.9 Å². The number of carbonyl (C=O) groups excluding carboxylic acids is 2. The molecule has 11 nitrogen and oxygen atoms in total. The van der Waals surface area contributed by atoms with Gasteiger partial charge in [-0.3, -0.25) is 14.3 Å². The molecule has 1 amide bonds. The van der Waals surface area contributed by atoms with Gasteiger partial charge in [-0.05, 0) is 58.6 Å². The van der Waals surface area contributed by atoms with Gasteiger partial charge in [0.1, 0.15) is 17.1 Å². The molecular weight excluding hydrogens is 548 g/mol. The van der Waals surface area contributed by atoms with Crippen molar-refractivity contribution >= 4 is 17.8 Å². The normalized spacial score (nSPS) is 18.4. The smallest absolute Gasteiger partial charge is 0.306 e. The van der Waals surface area contributed by atoms with Gasteiger partial charge in [0.2, 0.25) is 5.95 Å². The van der Waals surface area contributed by atoms with Crippen LogP contribution >= 0.6 is 0 Å². The number of carbonyl (C=O) groups is 2. The van der Waals surface area contributed by atoms with E-state index in [1.54, 1.807) is 30.0 Å². The fourth-order valence-corrected chi connectivity index (χ4v) is 5.97. The van der Waals surface area contributed by atoms with Gasteiger partial charge >= 0.3 is 5.97 Å². The maximum absolute atomic E-state index is 13.9. The molecule has 230 valence electrons. The van der Waals surface area contributed by atoms with Crippen LogP contribution in [0, 0.1) is 12.8 Å². The molecule has 0 bridgehead atoms. The number of rotatable bonds is 9. The number of anilines is 1. The van der Waals surface area contributed by atoms with Gasteiger partial charge in [-0.25, -0.2) is 9.97 Å². The summed E-state index contributed by atoms with van der Waals surface area (Å²) in [7, 11) is 5.08. The van der Waals surface area contributed by atoms with Crippen LogP contribution < -0.4 is 14.8 Å². The van der Waals surface area contributed by atoms with Gasteiger partial charge in [0.25, 0.3) is 5.91 Å². The maximum Gasteiger partial charge on any atom is 0.306 e. The summed E-state index contributed by atoms with van der Waals surface area (Å²) in [4.78, 5) is 38.2. The number of aromatic nitrogens is 4. The molecule has 1 saturated carbocycles. The zero-order chi connectivity index (χ0) is 30.9. The highest BCUT2D eigenvalue weighted by molar-refractivity contribution is 6.03. The highest BCUT2D eigenvalue weighted by Gasteiger charge is 2.36. The van der Waals surface area contributed by atoms with Crippen LogP contribution in [0.4, 0.5) is 5.95 Å². The molecule has 3 aromatic rings. The Labute approximate surface area is 252 Å². The number of nitrogens with zero attached hydrogens (tertiary/aromatic N) is 5. The van der Waals surface area contributed by atoms with E-state index in [-0.39, 0.29) is 23.8 Å². The van der Waals surface area contributed by atoms with Gasteiger partial charge < -0.3 is 24.4 Å². The first-order valence-corrected chi connectivity index (χ1v) is 14.9. The molecule has 1 N–H and O–H groups in total. The van der Waals surface area contributed by atoms with Gasteiger partial charge in [0.15, 0.2) is 0 Å². The van der Waals surface area contributed by atoms with Crippen molar-refractivity contribution in [2.45, 2.75) is 84.5 Å². The monoisotopic (exact) mass is 590 g/mol. The molecule has 0 radical (unpaired) electrons. The summed E-state index contributed by atoms with van der Waals surface area (Å²) in [6.07, 6.45) is 6.03. The lowest BCUT2D eigenvalue weighted by Crippen LogP contribution is -2.36. The standard InChI is InChI=1S/C32H42N6O5/c1-19-23(16-33-37(19)5)29-28-25(18-38(30(28)40)17-21-12-13-22(41-6)15-26(21)42-7)35-31(36-29)34-24-11-9-8-10-20(24)14-27(39)43-32(2,3)4/h12-13,15-16,20,24H,8-11,14,17-18H2,1-7H3,(H,34,35,36)/t20-,24-/m1/s1. The number of hydrogen-bond acceptors (Lipinski definition) is 9. The summed E-state index contributed by atoms with van der Waals surface area (Å²) in [5, 5.41) is 7.97. The fraction of sp³-hybridized carbons (Fsp3) is 0.531. The third-order valence-corrected chi connectivity index (χ3v) is 8.24. The van der Waals surface area contributed by atoms with Gasteiger partial charge in [-0.2, -0.15) is 5.10 Å². The average Bonchev–Trinajstić information content (AvgIpc) is 3.46. The van der Waals surface area contributed by atoms with E-state index in [1.165, 1.54) is 0 Å². The van der Waals surface area contributed by atoms with Crippen molar-refractivity contribution in [1.29, 1.82) is 0 Å². The number of aryl methyl sites for hydroxylation is 1. The van der Waals surface area contributed by atoms with E-state index in [4.69, 9.17) is 24.2 Å². The minimum absolute atomic E-state index is 0.0129. The first kappa shape index (κ1) is 30.3. The predicted octanol–water partition coefficient (Wildman–Crippen LogP) is 5.06. The quantitative estimate of drug-likeness (QED) is 0.341. The predicted molar refractivity (Wildman–Crippen MR) is 162 cm³/mol. The molecule has 43 heavy (non-hydrogen) atoms. The Bertz CT molecular complexity index is 1510. The molecule has 0 unspecified atom stereocenters. The molecule has 1 aliphatic heterocycles. The number of esters is 1. The van der Waals surface area contributed by atoms with Crippen molar-refractivity contribution in [3.05, 3.63) is 46.9 Å². The first-order chi connectivity index (χ1) is 20.5. The van der Waals surface area contributed by atoms with Crippen LogP contribution in [0.1, 0.15) is 80.2 Å². The molecule has 11 heteroatoms. The molecule has 1 aromatic carbocycles. The van der Waals surface area contributed by atoms with Crippen molar-refractivity contribution in [3.63, 3.8) is 0 Å². The Morgan fingerprint density at radius 1 is 1.12 bits per heavy atom. The summed E-state index contributed by atoms with van der Waals surface area (Å²) in [6, 6.07) is 5.59. The van der Waals surface area contributed by atoms with Crippen molar-refractivity contribution in [2.24, 2.45) is 13.0 Å². The van der Waals surface area contributed by atoms with Crippen LogP contribution in [-0.2, 0) is 29.7 Å². The molecule has 2 atom stereocenters. The Kier molecular flexibility index (Phi) is 8.62. The van der Waals surface area contributed by atoms with E-state index in [1.807, 2.05) is 52.9 Å². The summed E-state index contributed by atoms with van der Waals surface area (Å²) >= 11 is 0. The van der Waals surface area contributed by atoms with E-state index in [0.717, 1.165) is 42.5 Å². The molecule has 2 aromatic heterocycles. The summed E-state index contributed by atoms with van der Waals surface area (Å²) in [5.41, 5.74) is 3.73. The average molecular weight is 591 g/mol. The van der Waals surface area contributed by atoms with Crippen LogP contribution in [0.3, 0.4) is 0 Å². The third kappa shape index (κ3) is 6.60. The molecule has 5 rings (SSSR count). The molecule has 0 spiro atoms. The number of amides is 1. The Hall–Kier alpha value is -4.15. The Morgan fingerprint density at radius 2 is 1.88 bits per heavy atom. The molecule has 3 heterocycles. The summed E-state index contributed by atoms with van der Waals surface area (Å²) in [5.74, 6) is 1.55. The number of hydrogen-bond donors (Lipinski definition) is 1. The van der Waals surface area contributed by atoms with Crippen molar-refractivity contribution in [3.8, 4) is 22.8 Å². The van der Waals surface area contributed by atoms with E-state index in [9.17, 15) is 9.59 Å². The van der Waals surface area contributed by atoms with Crippen LogP contribution in [0.2, 0.25) is 0 Å². The number of ether oxygens (including phenoxy) is 3. The van der Waals surface area contributed by atoms with E-state index in [2.05, 4.69) is 10.4 Å². The second-order valence-electron chi connectivity index (χ2n) is 12.4. The number of fused-ring (bicyclic) bond motifs is 1. The molecule has 1 aliphatic carbocycles. The number of methoxy groups -OCH3 is 2. The number of nitrogens with one attached hydrogen (secondary N) is 1. The van der Waals surface area contributed by atoms with Gasteiger partial charge in [0.05, 0.1) is 56.9 Å². The highest BCUT2D eigenvalue weighted by Crippen LogP contribution is 2.36. The Balaban J connectivity index is 1.46. The zero-order valence-electron chi connectivity index (χ0n) is 26.2. The van der Waals surface area contributed by atoms with Crippen molar-refractivity contribution in [2.75, 3.05) is 19.5 Å². The molecule has 2 aliphatic rings. The SMILES string of the molecule is COc1ccc(CN2Cc3nc(N[C@@H]4CCCC[C@@H]4CC(=O)OC(C)(C)C)nc(-c4cnn(C)c4C)c3C2=O)c(OC)c1.